The third kappa shape index (κ3) is 3.43. The molecule has 2 N–H and O–H groups in total. The predicted octanol–water partition coefficient (Wildman–Crippen LogP) is 2.64. The van der Waals surface area contributed by atoms with Crippen molar-refractivity contribution in [1.82, 2.24) is 4.98 Å². The molecular weight excluding hydrogens is 296 g/mol. The minimum absolute atomic E-state index is 0.199. The smallest absolute Gasteiger partial charge is 0.143 e. The molecule has 1 fully saturated rings. The van der Waals surface area contributed by atoms with Crippen LogP contribution in [0.4, 0.5) is 0 Å². The van der Waals surface area contributed by atoms with Gasteiger partial charge in [-0.05, 0) is 41.3 Å². The minimum Gasteiger partial charge on any atom is -0.488 e. The molecule has 1 saturated carbocycles. The monoisotopic (exact) mass is 314 g/mol. The van der Waals surface area contributed by atoms with Crippen LogP contribution in [0.2, 0.25) is 0 Å². The summed E-state index contributed by atoms with van der Waals surface area (Å²) in [6.45, 7) is 0.392. The molecule has 1 aromatic rings. The van der Waals surface area contributed by atoms with Crippen LogP contribution in [0.15, 0.2) is 16.7 Å². The zero-order chi connectivity index (χ0) is 13.0. The molecule has 0 aromatic carbocycles. The largest absolute Gasteiger partial charge is 0.488 e. The summed E-state index contributed by atoms with van der Waals surface area (Å²) in [4.78, 5) is 4.27. The maximum absolute atomic E-state index is 6.04. The molecule has 18 heavy (non-hydrogen) atoms. The number of pyridine rings is 1. The number of methoxy groups -OCH3 is 1. The van der Waals surface area contributed by atoms with E-state index in [1.807, 2.05) is 6.07 Å². The number of nitrogens with two attached hydrogens (primary N) is 1. The lowest BCUT2D eigenvalue weighted by Crippen LogP contribution is -2.30. The minimum atomic E-state index is 0.199. The lowest BCUT2D eigenvalue weighted by atomic mass is 9.95. The maximum atomic E-state index is 6.04. The van der Waals surface area contributed by atoms with Gasteiger partial charge in [0.15, 0.2) is 0 Å². The molecule has 4 nitrogen and oxygen atoms in total. The normalized spacial score (nSPS) is 23.9. The molecule has 1 heterocycles. The summed E-state index contributed by atoms with van der Waals surface area (Å²) in [6.07, 6.45) is 6.52. The third-order valence-electron chi connectivity index (χ3n) is 3.30. The fourth-order valence-electron chi connectivity index (χ4n) is 2.31. The fourth-order valence-corrected chi connectivity index (χ4v) is 2.62. The highest BCUT2D eigenvalue weighted by atomic mass is 79.9. The summed E-state index contributed by atoms with van der Waals surface area (Å²) in [5.74, 6) is 0.786. The SMILES string of the molecule is COC1CCCC(Oc2cc(Br)cnc2CN)C1. The Morgan fingerprint density at radius 1 is 1.44 bits per heavy atom. The number of aromatic nitrogens is 1. The second kappa shape index (κ2) is 6.50. The lowest BCUT2D eigenvalue weighted by Gasteiger charge is -2.29. The van der Waals surface area contributed by atoms with E-state index in [2.05, 4.69) is 20.9 Å². The van der Waals surface area contributed by atoms with Crippen molar-refractivity contribution in [2.45, 2.75) is 44.4 Å². The standard InChI is InChI=1S/C13H19BrN2O2/c1-17-10-3-2-4-11(6-10)18-13-5-9(14)8-16-12(13)7-15/h5,8,10-11H,2-4,6-7,15H2,1H3. The molecule has 0 radical (unpaired) electrons. The van der Waals surface area contributed by atoms with Crippen molar-refractivity contribution < 1.29 is 9.47 Å². The average Bonchev–Trinajstić information content (AvgIpc) is 2.39. The van der Waals surface area contributed by atoms with E-state index in [9.17, 15) is 0 Å². The van der Waals surface area contributed by atoms with Crippen LogP contribution in [-0.2, 0) is 11.3 Å². The summed E-state index contributed by atoms with van der Waals surface area (Å²) < 4.78 is 12.4. The molecule has 2 unspecified atom stereocenters. The van der Waals surface area contributed by atoms with E-state index >= 15 is 0 Å². The van der Waals surface area contributed by atoms with Gasteiger partial charge in [0.2, 0.25) is 0 Å². The Morgan fingerprint density at radius 2 is 2.22 bits per heavy atom. The summed E-state index contributed by atoms with van der Waals surface area (Å²) in [6, 6.07) is 1.94. The Hall–Kier alpha value is -0.650. The van der Waals surface area contributed by atoms with Crippen molar-refractivity contribution >= 4 is 15.9 Å². The Morgan fingerprint density at radius 3 is 2.94 bits per heavy atom. The van der Waals surface area contributed by atoms with Crippen molar-refractivity contribution in [1.29, 1.82) is 0 Å². The van der Waals surface area contributed by atoms with Crippen molar-refractivity contribution in [3.63, 3.8) is 0 Å². The van der Waals surface area contributed by atoms with E-state index in [4.69, 9.17) is 15.2 Å². The van der Waals surface area contributed by atoms with Crippen molar-refractivity contribution in [3.05, 3.63) is 22.4 Å². The Balaban J connectivity index is 2.06. The molecule has 2 rings (SSSR count). The number of hydrogen-bond acceptors (Lipinski definition) is 4. The molecular formula is C13H19BrN2O2. The zero-order valence-corrected chi connectivity index (χ0v) is 12.1. The van der Waals surface area contributed by atoms with E-state index in [0.717, 1.165) is 41.6 Å². The van der Waals surface area contributed by atoms with Crippen LogP contribution >= 0.6 is 15.9 Å². The third-order valence-corrected chi connectivity index (χ3v) is 3.73. The lowest BCUT2D eigenvalue weighted by molar-refractivity contribution is 0.0205. The van der Waals surface area contributed by atoms with Crippen LogP contribution in [0, 0.1) is 0 Å². The summed E-state index contributed by atoms with van der Waals surface area (Å²) in [5.41, 5.74) is 6.48. The van der Waals surface area contributed by atoms with Crippen LogP contribution in [-0.4, -0.2) is 24.3 Å². The van der Waals surface area contributed by atoms with Gasteiger partial charge in [-0.2, -0.15) is 0 Å². The van der Waals surface area contributed by atoms with Crippen LogP contribution in [0.5, 0.6) is 5.75 Å². The van der Waals surface area contributed by atoms with E-state index in [1.54, 1.807) is 13.3 Å². The highest BCUT2D eigenvalue weighted by Gasteiger charge is 2.23. The number of nitrogens with zero attached hydrogens (tertiary/aromatic N) is 1. The van der Waals surface area contributed by atoms with Gasteiger partial charge in [-0.15, -0.1) is 0 Å². The van der Waals surface area contributed by atoms with E-state index in [-0.39, 0.29) is 6.10 Å². The molecule has 0 amide bonds. The van der Waals surface area contributed by atoms with Gasteiger partial charge in [0.25, 0.3) is 0 Å². The first kappa shape index (κ1) is 13.8. The van der Waals surface area contributed by atoms with Crippen LogP contribution in [0.3, 0.4) is 0 Å². The molecule has 0 spiro atoms. The number of halogens is 1. The van der Waals surface area contributed by atoms with Crippen LogP contribution < -0.4 is 10.5 Å². The number of rotatable bonds is 4. The first-order chi connectivity index (χ1) is 8.72. The first-order valence-electron chi connectivity index (χ1n) is 6.27. The fraction of sp³-hybridized carbons (Fsp3) is 0.615. The van der Waals surface area contributed by atoms with Gasteiger partial charge in [0, 0.05) is 30.7 Å². The first-order valence-corrected chi connectivity index (χ1v) is 7.06. The molecule has 1 aliphatic carbocycles. The molecule has 0 bridgehead atoms. The van der Waals surface area contributed by atoms with Crippen molar-refractivity contribution in [3.8, 4) is 5.75 Å². The van der Waals surface area contributed by atoms with Gasteiger partial charge in [0.1, 0.15) is 11.9 Å². The summed E-state index contributed by atoms with van der Waals surface area (Å²) in [7, 11) is 1.76. The van der Waals surface area contributed by atoms with Gasteiger partial charge in [-0.1, -0.05) is 0 Å². The predicted molar refractivity (Wildman–Crippen MR) is 73.5 cm³/mol. The highest BCUT2D eigenvalue weighted by molar-refractivity contribution is 9.10. The molecule has 100 valence electrons. The topological polar surface area (TPSA) is 57.4 Å². The second-order valence-electron chi connectivity index (χ2n) is 4.57. The number of ether oxygens (including phenoxy) is 2. The van der Waals surface area contributed by atoms with Crippen molar-refractivity contribution in [2.24, 2.45) is 5.73 Å². The zero-order valence-electron chi connectivity index (χ0n) is 10.6. The molecule has 2 atom stereocenters. The van der Waals surface area contributed by atoms with E-state index in [1.165, 1.54) is 0 Å². The quantitative estimate of drug-likeness (QED) is 0.928. The number of hydrogen-bond donors (Lipinski definition) is 1. The molecule has 1 aromatic heterocycles. The molecule has 0 saturated heterocycles. The van der Waals surface area contributed by atoms with Crippen LogP contribution in [0.25, 0.3) is 0 Å². The van der Waals surface area contributed by atoms with E-state index in [0.29, 0.717) is 12.6 Å². The molecule has 0 aliphatic heterocycles. The Kier molecular flexibility index (Phi) is 4.97. The average molecular weight is 315 g/mol. The van der Waals surface area contributed by atoms with E-state index < -0.39 is 0 Å². The van der Waals surface area contributed by atoms with Gasteiger partial charge >= 0.3 is 0 Å². The summed E-state index contributed by atoms with van der Waals surface area (Å²) >= 11 is 3.41. The van der Waals surface area contributed by atoms with Crippen molar-refractivity contribution in [2.75, 3.05) is 7.11 Å². The van der Waals surface area contributed by atoms with Gasteiger partial charge in [-0.3, -0.25) is 4.98 Å². The van der Waals surface area contributed by atoms with Crippen LogP contribution in [0.1, 0.15) is 31.4 Å². The van der Waals surface area contributed by atoms with Gasteiger partial charge in [0.05, 0.1) is 11.8 Å². The highest BCUT2D eigenvalue weighted by Crippen LogP contribution is 2.28. The Labute approximate surface area is 116 Å². The van der Waals surface area contributed by atoms with Gasteiger partial charge < -0.3 is 15.2 Å². The second-order valence-corrected chi connectivity index (χ2v) is 5.48. The molecule has 5 heteroatoms. The maximum Gasteiger partial charge on any atom is 0.143 e. The molecule has 1 aliphatic rings. The van der Waals surface area contributed by atoms with Gasteiger partial charge in [-0.25, -0.2) is 0 Å². The Bertz CT molecular complexity index is 401. The summed E-state index contributed by atoms with van der Waals surface area (Å²) in [5, 5.41) is 0.